The van der Waals surface area contributed by atoms with Crippen LogP contribution < -0.4 is 0 Å². The standard InChI is InChI=1S/C10H21BrO2/c1-9(7-11)8-13-6-5-10(2,3)12-4/h9H,5-8H2,1-4H3. The maximum absolute atomic E-state index is 5.51. The molecule has 0 radical (unpaired) electrons. The van der Waals surface area contributed by atoms with Crippen molar-refractivity contribution in [2.75, 3.05) is 25.7 Å². The molecule has 0 aliphatic heterocycles. The molecule has 0 fully saturated rings. The molecule has 0 amide bonds. The highest BCUT2D eigenvalue weighted by atomic mass is 79.9. The zero-order valence-corrected chi connectivity index (χ0v) is 10.7. The Morgan fingerprint density at radius 1 is 1.38 bits per heavy atom. The molecule has 2 nitrogen and oxygen atoms in total. The topological polar surface area (TPSA) is 18.5 Å². The maximum Gasteiger partial charge on any atom is 0.0644 e. The maximum atomic E-state index is 5.51. The van der Waals surface area contributed by atoms with Crippen LogP contribution in [-0.2, 0) is 9.47 Å². The minimum Gasteiger partial charge on any atom is -0.381 e. The van der Waals surface area contributed by atoms with Crippen molar-refractivity contribution in [2.45, 2.75) is 32.8 Å². The van der Waals surface area contributed by atoms with Crippen molar-refractivity contribution in [1.82, 2.24) is 0 Å². The summed E-state index contributed by atoms with van der Waals surface area (Å²) in [6.07, 6.45) is 0.943. The van der Waals surface area contributed by atoms with Crippen LogP contribution >= 0.6 is 15.9 Å². The second kappa shape index (κ2) is 6.80. The fraction of sp³-hybridized carbons (Fsp3) is 1.00. The summed E-state index contributed by atoms with van der Waals surface area (Å²) in [5, 5.41) is 1.00. The molecule has 0 saturated heterocycles. The number of hydrogen-bond donors (Lipinski definition) is 0. The van der Waals surface area contributed by atoms with Crippen LogP contribution in [0.4, 0.5) is 0 Å². The Balaban J connectivity index is 3.35. The van der Waals surface area contributed by atoms with Gasteiger partial charge in [0.15, 0.2) is 0 Å². The first-order valence-corrected chi connectivity index (χ1v) is 5.83. The molecule has 0 bridgehead atoms. The van der Waals surface area contributed by atoms with E-state index in [0.29, 0.717) is 5.92 Å². The molecule has 1 unspecified atom stereocenters. The van der Waals surface area contributed by atoms with Crippen LogP contribution in [0.3, 0.4) is 0 Å². The summed E-state index contributed by atoms with van der Waals surface area (Å²) in [7, 11) is 1.74. The molecule has 0 heterocycles. The minimum absolute atomic E-state index is 0.0579. The average Bonchev–Trinajstić information content (AvgIpc) is 2.12. The first kappa shape index (κ1) is 13.4. The summed E-state index contributed by atoms with van der Waals surface area (Å²) in [6, 6.07) is 0. The van der Waals surface area contributed by atoms with E-state index >= 15 is 0 Å². The Morgan fingerprint density at radius 2 is 2.00 bits per heavy atom. The molecule has 0 rings (SSSR count). The van der Waals surface area contributed by atoms with Gasteiger partial charge in [-0.1, -0.05) is 22.9 Å². The summed E-state index contributed by atoms with van der Waals surface area (Å²) >= 11 is 3.42. The molecule has 0 aliphatic rings. The smallest absolute Gasteiger partial charge is 0.0644 e. The summed E-state index contributed by atoms with van der Waals surface area (Å²) in [6.45, 7) is 7.91. The van der Waals surface area contributed by atoms with E-state index in [4.69, 9.17) is 9.47 Å². The third-order valence-corrected chi connectivity index (χ3v) is 3.17. The number of alkyl halides is 1. The van der Waals surface area contributed by atoms with E-state index in [1.165, 1.54) is 0 Å². The number of halogens is 1. The Bertz CT molecular complexity index is 126. The fourth-order valence-corrected chi connectivity index (χ4v) is 0.936. The van der Waals surface area contributed by atoms with Crippen LogP contribution in [0.1, 0.15) is 27.2 Å². The Labute approximate surface area is 90.1 Å². The van der Waals surface area contributed by atoms with E-state index in [1.807, 2.05) is 0 Å². The van der Waals surface area contributed by atoms with E-state index in [0.717, 1.165) is 25.0 Å². The highest BCUT2D eigenvalue weighted by molar-refractivity contribution is 9.09. The van der Waals surface area contributed by atoms with Gasteiger partial charge in [-0.2, -0.15) is 0 Å². The summed E-state index contributed by atoms with van der Waals surface area (Å²) < 4.78 is 10.8. The van der Waals surface area contributed by atoms with E-state index in [9.17, 15) is 0 Å². The first-order chi connectivity index (χ1) is 6.02. The van der Waals surface area contributed by atoms with Crippen LogP contribution in [0.15, 0.2) is 0 Å². The average molecular weight is 253 g/mol. The van der Waals surface area contributed by atoms with Gasteiger partial charge in [-0.15, -0.1) is 0 Å². The van der Waals surface area contributed by atoms with Crippen molar-refractivity contribution in [3.8, 4) is 0 Å². The van der Waals surface area contributed by atoms with Crippen molar-refractivity contribution >= 4 is 15.9 Å². The molecule has 80 valence electrons. The molecule has 0 saturated carbocycles. The SMILES string of the molecule is COC(C)(C)CCOCC(C)CBr. The monoisotopic (exact) mass is 252 g/mol. The van der Waals surface area contributed by atoms with Crippen molar-refractivity contribution in [2.24, 2.45) is 5.92 Å². The van der Waals surface area contributed by atoms with Crippen molar-refractivity contribution < 1.29 is 9.47 Å². The quantitative estimate of drug-likeness (QED) is 0.513. The fourth-order valence-electron chi connectivity index (χ4n) is 0.749. The molecular formula is C10H21BrO2. The van der Waals surface area contributed by atoms with Crippen molar-refractivity contribution in [1.29, 1.82) is 0 Å². The van der Waals surface area contributed by atoms with Crippen LogP contribution in [0.2, 0.25) is 0 Å². The molecular weight excluding hydrogens is 232 g/mol. The largest absolute Gasteiger partial charge is 0.381 e. The Hall–Kier alpha value is 0.400. The highest BCUT2D eigenvalue weighted by Gasteiger charge is 2.15. The lowest BCUT2D eigenvalue weighted by Gasteiger charge is -2.22. The number of methoxy groups -OCH3 is 1. The Morgan fingerprint density at radius 3 is 2.46 bits per heavy atom. The second-order valence-corrected chi connectivity index (χ2v) is 4.70. The van der Waals surface area contributed by atoms with Crippen molar-refractivity contribution in [3.63, 3.8) is 0 Å². The lowest BCUT2D eigenvalue weighted by molar-refractivity contribution is -0.0127. The van der Waals surface area contributed by atoms with Crippen molar-refractivity contribution in [3.05, 3.63) is 0 Å². The third kappa shape index (κ3) is 7.47. The van der Waals surface area contributed by atoms with Crippen LogP contribution in [0, 0.1) is 5.92 Å². The number of hydrogen-bond acceptors (Lipinski definition) is 2. The predicted molar refractivity (Wildman–Crippen MR) is 59.5 cm³/mol. The Kier molecular flexibility index (Phi) is 7.00. The second-order valence-electron chi connectivity index (χ2n) is 4.05. The van der Waals surface area contributed by atoms with Crippen LogP contribution in [0.5, 0.6) is 0 Å². The molecule has 0 N–H and O–H groups in total. The highest BCUT2D eigenvalue weighted by Crippen LogP contribution is 2.12. The lowest BCUT2D eigenvalue weighted by atomic mass is 10.1. The normalized spacial score (nSPS) is 14.5. The minimum atomic E-state index is -0.0579. The van der Waals surface area contributed by atoms with Crippen LogP contribution in [-0.4, -0.2) is 31.3 Å². The van der Waals surface area contributed by atoms with Gasteiger partial charge in [-0.25, -0.2) is 0 Å². The van der Waals surface area contributed by atoms with E-state index in [-0.39, 0.29) is 5.60 Å². The number of ether oxygens (including phenoxy) is 2. The third-order valence-electron chi connectivity index (χ3n) is 2.07. The molecule has 0 aromatic carbocycles. The van der Waals surface area contributed by atoms with Gasteiger partial charge in [0.05, 0.1) is 5.60 Å². The van der Waals surface area contributed by atoms with E-state index in [1.54, 1.807) is 7.11 Å². The van der Waals surface area contributed by atoms with E-state index in [2.05, 4.69) is 36.7 Å². The molecule has 0 aromatic rings. The van der Waals surface area contributed by atoms with Gasteiger partial charge in [0.25, 0.3) is 0 Å². The van der Waals surface area contributed by atoms with Gasteiger partial charge in [0, 0.05) is 25.7 Å². The number of rotatable bonds is 7. The van der Waals surface area contributed by atoms with Gasteiger partial charge in [-0.3, -0.25) is 0 Å². The zero-order chi connectivity index (χ0) is 10.3. The zero-order valence-electron chi connectivity index (χ0n) is 9.10. The molecule has 1 atom stereocenters. The summed E-state index contributed by atoms with van der Waals surface area (Å²) in [5.74, 6) is 0.589. The van der Waals surface area contributed by atoms with Gasteiger partial charge >= 0.3 is 0 Å². The molecule has 0 aromatic heterocycles. The van der Waals surface area contributed by atoms with Gasteiger partial charge in [0.1, 0.15) is 0 Å². The van der Waals surface area contributed by atoms with Crippen LogP contribution in [0.25, 0.3) is 0 Å². The molecule has 13 heavy (non-hydrogen) atoms. The van der Waals surface area contributed by atoms with E-state index < -0.39 is 0 Å². The van der Waals surface area contributed by atoms with Gasteiger partial charge in [0.2, 0.25) is 0 Å². The molecule has 0 aliphatic carbocycles. The summed E-state index contributed by atoms with van der Waals surface area (Å²) in [5.41, 5.74) is -0.0579. The molecule has 0 spiro atoms. The molecule has 3 heteroatoms. The first-order valence-electron chi connectivity index (χ1n) is 4.70. The lowest BCUT2D eigenvalue weighted by Crippen LogP contribution is -2.25. The predicted octanol–water partition coefficient (Wildman–Crippen LogP) is 2.85. The van der Waals surface area contributed by atoms with Gasteiger partial charge in [-0.05, 0) is 26.2 Å². The summed E-state index contributed by atoms with van der Waals surface area (Å²) in [4.78, 5) is 0. The van der Waals surface area contributed by atoms with Gasteiger partial charge < -0.3 is 9.47 Å².